The summed E-state index contributed by atoms with van der Waals surface area (Å²) in [5.74, 6) is -0.778. The molecule has 0 aliphatic carbocycles. The summed E-state index contributed by atoms with van der Waals surface area (Å²) in [6.07, 6.45) is -1.45. The van der Waals surface area contributed by atoms with Crippen LogP contribution in [0.25, 0.3) is 16.4 Å². The van der Waals surface area contributed by atoms with Gasteiger partial charge in [-0.25, -0.2) is 4.68 Å². The molecule has 0 fully saturated rings. The normalized spacial score (nSPS) is 12.1. The van der Waals surface area contributed by atoms with Crippen molar-refractivity contribution >= 4 is 28.0 Å². The number of pyridine rings is 1. The van der Waals surface area contributed by atoms with Gasteiger partial charge in [-0.2, -0.15) is 18.3 Å². The van der Waals surface area contributed by atoms with Crippen molar-refractivity contribution in [3.63, 3.8) is 0 Å². The maximum absolute atomic E-state index is 13.1. The Morgan fingerprint density at radius 2 is 1.94 bits per heavy atom. The number of nitrogens with zero attached hydrogens (tertiary/aromatic N) is 5. The summed E-state index contributed by atoms with van der Waals surface area (Å²) >= 11 is 0. The fourth-order valence-corrected chi connectivity index (χ4v) is 3.26. The van der Waals surface area contributed by atoms with E-state index < -0.39 is 29.8 Å². The van der Waals surface area contributed by atoms with E-state index in [2.05, 4.69) is 20.6 Å². The first-order valence-corrected chi connectivity index (χ1v) is 9.34. The summed E-state index contributed by atoms with van der Waals surface area (Å²) in [4.78, 5) is 25.3. The van der Waals surface area contributed by atoms with Gasteiger partial charge in [0.25, 0.3) is 5.56 Å². The van der Waals surface area contributed by atoms with Crippen LogP contribution in [0.4, 0.5) is 18.9 Å². The molecule has 0 radical (unpaired) electrons. The first-order valence-electron chi connectivity index (χ1n) is 9.34. The van der Waals surface area contributed by atoms with Gasteiger partial charge in [0.1, 0.15) is 12.9 Å². The predicted octanol–water partition coefficient (Wildman–Crippen LogP) is 3.22. The topological polar surface area (TPSA) is 94.2 Å². The van der Waals surface area contributed by atoms with E-state index in [0.29, 0.717) is 17.0 Å². The van der Waals surface area contributed by atoms with Gasteiger partial charge in [0, 0.05) is 11.6 Å². The highest BCUT2D eigenvalue weighted by Crippen LogP contribution is 2.32. The van der Waals surface area contributed by atoms with Gasteiger partial charge in [-0.3, -0.25) is 14.0 Å². The van der Waals surface area contributed by atoms with Crippen LogP contribution in [0.15, 0.2) is 47.7 Å². The Kier molecular flexibility index (Phi) is 4.96. The Balaban J connectivity index is 1.68. The van der Waals surface area contributed by atoms with Crippen molar-refractivity contribution in [3.8, 4) is 0 Å². The highest BCUT2D eigenvalue weighted by atomic mass is 19.4. The Morgan fingerprint density at radius 3 is 2.65 bits per heavy atom. The lowest BCUT2D eigenvalue weighted by Crippen LogP contribution is -2.31. The van der Waals surface area contributed by atoms with Gasteiger partial charge >= 0.3 is 6.18 Å². The van der Waals surface area contributed by atoms with E-state index in [1.165, 1.54) is 6.33 Å². The second-order valence-corrected chi connectivity index (χ2v) is 7.32. The van der Waals surface area contributed by atoms with E-state index >= 15 is 0 Å². The average molecular weight is 430 g/mol. The number of hydrogen-bond donors (Lipinski definition) is 1. The third-order valence-electron chi connectivity index (χ3n) is 4.73. The molecule has 3 heterocycles. The first-order chi connectivity index (χ1) is 14.6. The number of aromatic nitrogens is 5. The van der Waals surface area contributed by atoms with E-state index in [4.69, 9.17) is 0 Å². The lowest BCUT2D eigenvalue weighted by atomic mass is 10.0. The molecular weight excluding hydrogens is 413 g/mol. The van der Waals surface area contributed by atoms with Crippen LogP contribution in [0.5, 0.6) is 0 Å². The molecule has 3 aromatic heterocycles. The molecule has 31 heavy (non-hydrogen) atoms. The zero-order valence-electron chi connectivity index (χ0n) is 16.5. The second kappa shape index (κ2) is 7.49. The fraction of sp³-hybridized carbons (Fsp3) is 0.250. The molecule has 160 valence electrons. The maximum atomic E-state index is 13.1. The van der Waals surface area contributed by atoms with Crippen molar-refractivity contribution in [3.05, 3.63) is 64.5 Å². The standard InChI is InChI=1S/C20H17F3N6O2/c1-11(2)18-15-7-12(20(21,22)23)3-5-14(15)19(31)29(27-18)9-17(30)25-13-4-6-16-26-24-10-28(16)8-13/h3-8,10-11H,9H2,1-2H3,(H,25,30). The summed E-state index contributed by atoms with van der Waals surface area (Å²) in [6.45, 7) is 3.12. The van der Waals surface area contributed by atoms with E-state index in [0.717, 1.165) is 22.9 Å². The molecule has 0 saturated heterocycles. The highest BCUT2D eigenvalue weighted by molar-refractivity contribution is 5.91. The minimum atomic E-state index is -4.54. The zero-order chi connectivity index (χ0) is 22.3. The van der Waals surface area contributed by atoms with E-state index in [1.54, 1.807) is 36.6 Å². The van der Waals surface area contributed by atoms with E-state index in [1.807, 2.05) is 0 Å². The third-order valence-corrected chi connectivity index (χ3v) is 4.73. The van der Waals surface area contributed by atoms with Crippen LogP contribution in [-0.2, 0) is 17.5 Å². The summed E-state index contributed by atoms with van der Waals surface area (Å²) in [6, 6.07) is 6.21. The summed E-state index contributed by atoms with van der Waals surface area (Å²) < 4.78 is 41.9. The number of fused-ring (bicyclic) bond motifs is 2. The fourth-order valence-electron chi connectivity index (χ4n) is 3.26. The number of anilines is 1. The number of hydrogen-bond acceptors (Lipinski definition) is 5. The largest absolute Gasteiger partial charge is 0.416 e. The van der Waals surface area contributed by atoms with Gasteiger partial charge in [-0.15, -0.1) is 10.2 Å². The number of nitrogens with one attached hydrogen (secondary N) is 1. The molecule has 0 aliphatic rings. The van der Waals surface area contributed by atoms with Crippen LogP contribution in [0, 0.1) is 0 Å². The molecule has 1 aromatic carbocycles. The molecule has 0 spiro atoms. The number of amides is 1. The third kappa shape index (κ3) is 3.98. The maximum Gasteiger partial charge on any atom is 0.416 e. The molecule has 4 rings (SSSR count). The average Bonchev–Trinajstić information content (AvgIpc) is 3.16. The minimum Gasteiger partial charge on any atom is -0.323 e. The first kappa shape index (κ1) is 20.5. The van der Waals surface area contributed by atoms with Gasteiger partial charge in [0.05, 0.1) is 22.3 Å². The SMILES string of the molecule is CC(C)c1nn(CC(=O)Nc2ccc3nncn3c2)c(=O)c2ccc(C(F)(F)F)cc12. The molecule has 0 bridgehead atoms. The second-order valence-electron chi connectivity index (χ2n) is 7.32. The van der Waals surface area contributed by atoms with Gasteiger partial charge in [0.2, 0.25) is 5.91 Å². The number of halogens is 3. The number of rotatable bonds is 4. The van der Waals surface area contributed by atoms with Crippen molar-refractivity contribution in [2.24, 2.45) is 0 Å². The highest BCUT2D eigenvalue weighted by Gasteiger charge is 2.31. The van der Waals surface area contributed by atoms with Crippen molar-refractivity contribution in [1.82, 2.24) is 24.4 Å². The van der Waals surface area contributed by atoms with Gasteiger partial charge in [0.15, 0.2) is 5.65 Å². The molecule has 0 atom stereocenters. The van der Waals surface area contributed by atoms with Gasteiger partial charge in [-0.05, 0) is 36.2 Å². The Hall–Kier alpha value is -3.76. The Bertz CT molecular complexity index is 1360. The monoisotopic (exact) mass is 430 g/mol. The molecule has 11 heteroatoms. The molecular formula is C20H17F3N6O2. The van der Waals surface area contributed by atoms with E-state index in [-0.39, 0.29) is 16.7 Å². The molecule has 1 N–H and O–H groups in total. The van der Waals surface area contributed by atoms with Gasteiger partial charge < -0.3 is 5.32 Å². The van der Waals surface area contributed by atoms with Crippen molar-refractivity contribution in [1.29, 1.82) is 0 Å². The Morgan fingerprint density at radius 1 is 1.16 bits per heavy atom. The van der Waals surface area contributed by atoms with Crippen LogP contribution in [0.2, 0.25) is 0 Å². The van der Waals surface area contributed by atoms with Crippen LogP contribution in [-0.4, -0.2) is 30.3 Å². The van der Waals surface area contributed by atoms with Crippen molar-refractivity contribution in [2.45, 2.75) is 32.5 Å². The quantitative estimate of drug-likeness (QED) is 0.537. The molecule has 1 amide bonds. The summed E-state index contributed by atoms with van der Waals surface area (Å²) in [5, 5.41) is 14.7. The van der Waals surface area contributed by atoms with Crippen LogP contribution >= 0.6 is 0 Å². The summed E-state index contributed by atoms with van der Waals surface area (Å²) in [7, 11) is 0. The number of carbonyl (C=O) groups is 1. The van der Waals surface area contributed by atoms with Crippen LogP contribution in [0.3, 0.4) is 0 Å². The minimum absolute atomic E-state index is 0.0745. The lowest BCUT2D eigenvalue weighted by molar-refractivity contribution is -0.137. The predicted molar refractivity (Wildman–Crippen MR) is 107 cm³/mol. The van der Waals surface area contributed by atoms with Crippen molar-refractivity contribution < 1.29 is 18.0 Å². The molecule has 4 aromatic rings. The van der Waals surface area contributed by atoms with Crippen LogP contribution < -0.4 is 10.9 Å². The van der Waals surface area contributed by atoms with Crippen LogP contribution in [0.1, 0.15) is 31.0 Å². The van der Waals surface area contributed by atoms with Gasteiger partial charge in [-0.1, -0.05) is 13.8 Å². The zero-order valence-corrected chi connectivity index (χ0v) is 16.5. The smallest absolute Gasteiger partial charge is 0.323 e. The molecule has 0 unspecified atom stereocenters. The Labute approximate surface area is 173 Å². The number of carbonyl (C=O) groups excluding carboxylic acids is 1. The molecule has 0 aliphatic heterocycles. The molecule has 0 saturated carbocycles. The van der Waals surface area contributed by atoms with E-state index in [9.17, 15) is 22.8 Å². The number of benzene rings is 1. The lowest BCUT2D eigenvalue weighted by Gasteiger charge is -2.15. The summed E-state index contributed by atoms with van der Waals surface area (Å²) in [5.41, 5.74) is -0.129. The number of alkyl halides is 3. The molecule has 8 nitrogen and oxygen atoms in total. The van der Waals surface area contributed by atoms with Crippen molar-refractivity contribution in [2.75, 3.05) is 5.32 Å².